The van der Waals surface area contributed by atoms with Crippen molar-refractivity contribution in [2.45, 2.75) is 111 Å². The van der Waals surface area contributed by atoms with Gasteiger partial charge in [0.25, 0.3) is 0 Å². The van der Waals surface area contributed by atoms with E-state index in [1.807, 2.05) is 4.90 Å². The molecule has 4 saturated carbocycles. The number of ether oxygens (including phenoxy) is 1. The molecule has 1 amide bonds. The van der Waals surface area contributed by atoms with Gasteiger partial charge in [0, 0.05) is 11.4 Å². The molecule has 1 aromatic rings. The van der Waals surface area contributed by atoms with Crippen molar-refractivity contribution >= 4 is 17.4 Å². The molecule has 39 heavy (non-hydrogen) atoms. The minimum Gasteiger partial charge on any atom is -0.449 e. The molecule has 6 heteroatoms. The molecule has 11 atom stereocenters. The lowest BCUT2D eigenvalue weighted by Crippen LogP contribution is -2.62. The van der Waals surface area contributed by atoms with E-state index in [0.29, 0.717) is 54.6 Å². The van der Waals surface area contributed by atoms with Gasteiger partial charge in [-0.05, 0) is 127 Å². The van der Waals surface area contributed by atoms with Crippen LogP contribution in [0.4, 0.5) is 4.79 Å². The summed E-state index contributed by atoms with van der Waals surface area (Å²) in [6.07, 6.45) is 10.1. The highest BCUT2D eigenvalue weighted by Gasteiger charge is 2.64. The lowest BCUT2D eigenvalue weighted by atomic mass is 9.41. The summed E-state index contributed by atoms with van der Waals surface area (Å²) in [6, 6.07) is 2.14. The molecular weight excluding hydrogens is 506 g/mol. The molecule has 0 saturated heterocycles. The predicted octanol–water partition coefficient (Wildman–Crippen LogP) is 6.90. The number of thiophene rings is 1. The van der Waals surface area contributed by atoms with Crippen LogP contribution < -0.4 is 0 Å². The highest BCUT2D eigenvalue weighted by molar-refractivity contribution is 7.10. The Bertz CT molecular complexity index is 1040. The van der Waals surface area contributed by atoms with Crippen LogP contribution in [0, 0.1) is 52.3 Å². The summed E-state index contributed by atoms with van der Waals surface area (Å²) < 4.78 is 5.81. The van der Waals surface area contributed by atoms with Crippen molar-refractivity contribution in [3.8, 4) is 0 Å². The molecule has 0 radical (unpaired) electrons. The van der Waals surface area contributed by atoms with Crippen LogP contribution in [0.2, 0.25) is 0 Å². The number of rotatable bonds is 5. The first kappa shape index (κ1) is 28.0. The molecule has 5 aliphatic rings. The van der Waals surface area contributed by atoms with Crippen molar-refractivity contribution < 1.29 is 19.7 Å². The first-order valence-corrected chi connectivity index (χ1v) is 16.9. The molecule has 5 nitrogen and oxygen atoms in total. The lowest BCUT2D eigenvalue weighted by molar-refractivity contribution is -0.203. The van der Waals surface area contributed by atoms with Gasteiger partial charge in [-0.1, -0.05) is 34.1 Å². The van der Waals surface area contributed by atoms with Crippen molar-refractivity contribution in [1.82, 2.24) is 4.90 Å². The smallest absolute Gasteiger partial charge is 0.410 e. The van der Waals surface area contributed by atoms with Crippen molar-refractivity contribution in [2.75, 3.05) is 13.2 Å². The van der Waals surface area contributed by atoms with E-state index < -0.39 is 0 Å². The minimum atomic E-state index is -0.240. The normalized spacial score (nSPS) is 44.1. The predicted molar refractivity (Wildman–Crippen MR) is 155 cm³/mol. The van der Waals surface area contributed by atoms with Crippen LogP contribution in [0.5, 0.6) is 0 Å². The molecular formula is C33H51NO4S. The molecule has 4 aliphatic carbocycles. The molecule has 4 fully saturated rings. The van der Waals surface area contributed by atoms with E-state index in [-0.39, 0.29) is 29.1 Å². The number of carbonyl (C=O) groups excluding carboxylic acids is 1. The Morgan fingerprint density at radius 2 is 1.90 bits per heavy atom. The Kier molecular flexibility index (Phi) is 7.63. The van der Waals surface area contributed by atoms with E-state index in [9.17, 15) is 15.0 Å². The third kappa shape index (κ3) is 4.59. The summed E-state index contributed by atoms with van der Waals surface area (Å²) in [7, 11) is 0. The summed E-state index contributed by atoms with van der Waals surface area (Å²) >= 11 is 1.79. The highest BCUT2D eigenvalue weighted by atomic mass is 32.1. The monoisotopic (exact) mass is 557 g/mol. The summed E-state index contributed by atoms with van der Waals surface area (Å²) in [6.45, 7) is 11.6. The Balaban J connectivity index is 1.10. The number of fused-ring (bicyclic) bond motifs is 6. The van der Waals surface area contributed by atoms with Crippen molar-refractivity contribution in [3.05, 3.63) is 21.9 Å². The van der Waals surface area contributed by atoms with E-state index in [4.69, 9.17) is 4.74 Å². The van der Waals surface area contributed by atoms with Gasteiger partial charge in [-0.25, -0.2) is 4.79 Å². The van der Waals surface area contributed by atoms with E-state index in [1.54, 1.807) is 11.3 Å². The van der Waals surface area contributed by atoms with Gasteiger partial charge >= 0.3 is 6.09 Å². The van der Waals surface area contributed by atoms with E-state index in [1.165, 1.54) is 36.1 Å². The van der Waals surface area contributed by atoms with Gasteiger partial charge in [-0.15, -0.1) is 11.3 Å². The minimum absolute atomic E-state index is 0.161. The molecule has 2 N–H and O–H groups in total. The van der Waals surface area contributed by atoms with E-state index >= 15 is 0 Å². The fraction of sp³-hybridized carbons (Fsp3) is 0.848. The summed E-state index contributed by atoms with van der Waals surface area (Å²) in [5, 5.41) is 24.6. The summed E-state index contributed by atoms with van der Waals surface area (Å²) in [5.74, 6) is 3.43. The van der Waals surface area contributed by atoms with Crippen LogP contribution in [0.25, 0.3) is 0 Å². The Labute approximate surface area is 239 Å². The third-order valence-corrected chi connectivity index (χ3v) is 14.0. The van der Waals surface area contributed by atoms with Crippen LogP contribution in [-0.4, -0.2) is 46.6 Å². The first-order chi connectivity index (χ1) is 18.7. The topological polar surface area (TPSA) is 70.0 Å². The van der Waals surface area contributed by atoms with Gasteiger partial charge in [0.15, 0.2) is 0 Å². The molecule has 2 heterocycles. The lowest BCUT2D eigenvalue weighted by Gasteiger charge is -2.64. The van der Waals surface area contributed by atoms with Crippen LogP contribution in [0.3, 0.4) is 0 Å². The summed E-state index contributed by atoms with van der Waals surface area (Å²) in [5.41, 5.74) is 1.78. The second-order valence-corrected chi connectivity index (χ2v) is 15.5. The third-order valence-electron chi connectivity index (χ3n) is 13.0. The molecule has 1 aliphatic heterocycles. The molecule has 0 bridgehead atoms. The van der Waals surface area contributed by atoms with Crippen LogP contribution in [0.15, 0.2) is 11.4 Å². The maximum Gasteiger partial charge on any atom is 0.410 e. The first-order valence-electron chi connectivity index (χ1n) is 16.0. The second kappa shape index (κ2) is 10.6. The number of carbonyl (C=O) groups is 1. The van der Waals surface area contributed by atoms with Gasteiger partial charge in [-0.3, -0.25) is 0 Å². The fourth-order valence-electron chi connectivity index (χ4n) is 11.0. The summed E-state index contributed by atoms with van der Waals surface area (Å²) in [4.78, 5) is 16.1. The van der Waals surface area contributed by atoms with Crippen molar-refractivity contribution in [2.24, 2.45) is 52.3 Å². The van der Waals surface area contributed by atoms with Gasteiger partial charge < -0.3 is 19.8 Å². The van der Waals surface area contributed by atoms with Crippen LogP contribution in [-0.2, 0) is 17.7 Å². The molecule has 0 spiro atoms. The zero-order valence-electron chi connectivity index (χ0n) is 24.6. The zero-order valence-corrected chi connectivity index (χ0v) is 25.4. The van der Waals surface area contributed by atoms with E-state index in [0.717, 1.165) is 45.1 Å². The fourth-order valence-corrected chi connectivity index (χ4v) is 11.9. The van der Waals surface area contributed by atoms with Gasteiger partial charge in [-0.2, -0.15) is 0 Å². The molecule has 6 rings (SSSR count). The number of aliphatic hydroxyl groups excluding tert-OH is 2. The number of hydrogen-bond acceptors (Lipinski definition) is 5. The quantitative estimate of drug-likeness (QED) is 0.413. The Morgan fingerprint density at radius 3 is 2.69 bits per heavy atom. The highest BCUT2D eigenvalue weighted by Crippen LogP contribution is 2.69. The van der Waals surface area contributed by atoms with Gasteiger partial charge in [0.1, 0.15) is 0 Å². The molecule has 1 aromatic heterocycles. The standard InChI is InChI=1S/C33H51NO4S/c1-5-23-27-18-22(35)8-13-33(27,4)26-9-14-32(3)24(6-7-25(32)29(26)30(23)36)20(2)11-16-38-31(37)34-15-10-28-21(19-34)12-17-39-28/h12,17,20,22-27,29-30,35-36H,5-11,13-16,18-19H2,1-4H3/t20-,22-,23-,24?,25+,26+,27+,29+,30-,32-,33-/m1/s1. The van der Waals surface area contributed by atoms with Crippen LogP contribution in [0.1, 0.15) is 95.9 Å². The SMILES string of the molecule is CC[C@H]1[C@@H](O)[C@@H]2[C@H](CC[C@]3(C)C([C@H](C)CCOC(=O)N4CCc5sccc5C4)CC[C@@H]23)[C@@]2(C)CC[C@@H](O)C[C@@H]12. The average molecular weight is 558 g/mol. The van der Waals surface area contributed by atoms with Crippen molar-refractivity contribution in [1.29, 1.82) is 0 Å². The maximum absolute atomic E-state index is 12.8. The number of amides is 1. The van der Waals surface area contributed by atoms with Crippen LogP contribution >= 0.6 is 11.3 Å². The largest absolute Gasteiger partial charge is 0.449 e. The Morgan fingerprint density at radius 1 is 1.13 bits per heavy atom. The number of hydrogen-bond donors (Lipinski definition) is 2. The maximum atomic E-state index is 12.8. The van der Waals surface area contributed by atoms with E-state index in [2.05, 4.69) is 39.1 Å². The number of nitrogens with zero attached hydrogens (tertiary/aromatic N) is 1. The molecule has 1 unspecified atom stereocenters. The number of aliphatic hydroxyl groups is 2. The van der Waals surface area contributed by atoms with Gasteiger partial charge in [0.05, 0.1) is 25.4 Å². The van der Waals surface area contributed by atoms with Gasteiger partial charge in [0.2, 0.25) is 0 Å². The molecule has 218 valence electrons. The second-order valence-electron chi connectivity index (χ2n) is 14.5. The Hall–Kier alpha value is -1.11. The van der Waals surface area contributed by atoms with Crippen molar-refractivity contribution in [3.63, 3.8) is 0 Å². The average Bonchev–Trinajstić information content (AvgIpc) is 3.53. The zero-order chi connectivity index (χ0) is 27.5. The molecule has 0 aromatic carbocycles.